The Labute approximate surface area is 166 Å². The van der Waals surface area contributed by atoms with E-state index in [1.165, 1.54) is 0 Å². The molecule has 2 N–H and O–H groups in total. The maximum Gasteiger partial charge on any atom is 0.237 e. The van der Waals surface area contributed by atoms with Crippen molar-refractivity contribution in [2.24, 2.45) is 5.73 Å². The molecule has 150 valence electrons. The maximum absolute atomic E-state index is 12.5. The van der Waals surface area contributed by atoms with Gasteiger partial charge in [-0.15, -0.1) is 0 Å². The Kier molecular flexibility index (Phi) is 6.19. The standard InChI is InChI=1S/C22H29N3O3/c1-22(2,21(23)27)25-14-12-24(13-15-25)20(26)11-6-16-28-19-10-5-8-17-7-3-4-9-18(17)19/h3-5,7-10H,6,11-16H2,1-2H3,(H2,23,27). The lowest BCUT2D eigenvalue weighted by molar-refractivity contribution is -0.136. The molecule has 1 saturated heterocycles. The molecule has 2 aromatic carbocycles. The molecule has 3 rings (SSSR count). The van der Waals surface area contributed by atoms with Gasteiger partial charge in [0.15, 0.2) is 0 Å². The van der Waals surface area contributed by atoms with Gasteiger partial charge in [-0.3, -0.25) is 14.5 Å². The SMILES string of the molecule is CC(C)(C(N)=O)N1CCN(C(=O)CCCOc2cccc3ccccc23)CC1. The number of piperazine rings is 1. The number of primary amides is 1. The Bertz CT molecular complexity index is 837. The van der Waals surface area contributed by atoms with Crippen LogP contribution >= 0.6 is 0 Å². The van der Waals surface area contributed by atoms with Crippen molar-refractivity contribution in [1.29, 1.82) is 0 Å². The number of fused-ring (bicyclic) bond motifs is 1. The molecule has 28 heavy (non-hydrogen) atoms. The molecular formula is C22H29N3O3. The summed E-state index contributed by atoms with van der Waals surface area (Å²) in [7, 11) is 0. The van der Waals surface area contributed by atoms with Gasteiger partial charge < -0.3 is 15.4 Å². The Morgan fingerprint density at radius 1 is 1.04 bits per heavy atom. The molecule has 0 radical (unpaired) electrons. The quantitative estimate of drug-likeness (QED) is 0.745. The molecule has 1 fully saturated rings. The Morgan fingerprint density at radius 2 is 1.71 bits per heavy atom. The third kappa shape index (κ3) is 4.44. The van der Waals surface area contributed by atoms with Crippen molar-refractivity contribution in [3.63, 3.8) is 0 Å². The van der Waals surface area contributed by atoms with Gasteiger partial charge in [0.05, 0.1) is 12.1 Å². The number of benzene rings is 2. The van der Waals surface area contributed by atoms with Crippen LogP contribution in [0.15, 0.2) is 42.5 Å². The Morgan fingerprint density at radius 3 is 2.43 bits per heavy atom. The van der Waals surface area contributed by atoms with Crippen LogP contribution in [0.2, 0.25) is 0 Å². The predicted molar refractivity (Wildman–Crippen MR) is 110 cm³/mol. The van der Waals surface area contributed by atoms with Gasteiger partial charge >= 0.3 is 0 Å². The van der Waals surface area contributed by atoms with Crippen LogP contribution in [-0.4, -0.2) is 59.9 Å². The van der Waals surface area contributed by atoms with E-state index in [0.29, 0.717) is 45.6 Å². The average Bonchev–Trinajstić information content (AvgIpc) is 2.71. The van der Waals surface area contributed by atoms with Crippen LogP contribution in [-0.2, 0) is 9.59 Å². The first kappa shape index (κ1) is 20.1. The van der Waals surface area contributed by atoms with Gasteiger partial charge in [-0.25, -0.2) is 0 Å². The molecule has 2 amide bonds. The lowest BCUT2D eigenvalue weighted by atomic mass is 10.0. The summed E-state index contributed by atoms with van der Waals surface area (Å²) >= 11 is 0. The second-order valence-electron chi connectivity index (χ2n) is 7.72. The summed E-state index contributed by atoms with van der Waals surface area (Å²) in [5.74, 6) is 0.656. The highest BCUT2D eigenvalue weighted by atomic mass is 16.5. The van der Waals surface area contributed by atoms with E-state index in [1.54, 1.807) is 0 Å². The van der Waals surface area contributed by atoms with Crippen LogP contribution in [0, 0.1) is 0 Å². The van der Waals surface area contributed by atoms with Crippen molar-refractivity contribution in [2.45, 2.75) is 32.2 Å². The van der Waals surface area contributed by atoms with E-state index >= 15 is 0 Å². The van der Waals surface area contributed by atoms with Gasteiger partial charge in [-0.1, -0.05) is 36.4 Å². The lowest BCUT2D eigenvalue weighted by Crippen LogP contribution is -2.60. The first-order valence-corrected chi connectivity index (χ1v) is 9.83. The lowest BCUT2D eigenvalue weighted by Gasteiger charge is -2.42. The largest absolute Gasteiger partial charge is 0.493 e. The third-order valence-electron chi connectivity index (χ3n) is 5.57. The molecule has 0 aliphatic carbocycles. The van der Waals surface area contributed by atoms with Crippen LogP contribution in [0.25, 0.3) is 10.8 Å². The Hall–Kier alpha value is -2.60. The molecule has 1 aliphatic rings. The van der Waals surface area contributed by atoms with E-state index in [-0.39, 0.29) is 11.8 Å². The molecule has 2 aromatic rings. The van der Waals surface area contributed by atoms with E-state index in [1.807, 2.05) is 54.0 Å². The first-order chi connectivity index (χ1) is 13.4. The normalized spacial score (nSPS) is 15.6. The molecule has 6 nitrogen and oxygen atoms in total. The summed E-state index contributed by atoms with van der Waals surface area (Å²) in [5.41, 5.74) is 4.80. The number of amides is 2. The van der Waals surface area contributed by atoms with Crippen LogP contribution in [0.3, 0.4) is 0 Å². The van der Waals surface area contributed by atoms with E-state index in [2.05, 4.69) is 12.1 Å². The summed E-state index contributed by atoms with van der Waals surface area (Å²) in [6.07, 6.45) is 1.14. The van der Waals surface area contributed by atoms with E-state index in [9.17, 15) is 9.59 Å². The van der Waals surface area contributed by atoms with Gasteiger partial charge in [0, 0.05) is 38.0 Å². The van der Waals surface area contributed by atoms with Crippen molar-refractivity contribution >= 4 is 22.6 Å². The molecule has 0 atom stereocenters. The fraction of sp³-hybridized carbons (Fsp3) is 0.455. The molecule has 1 aliphatic heterocycles. The van der Waals surface area contributed by atoms with Crippen molar-refractivity contribution in [1.82, 2.24) is 9.80 Å². The minimum Gasteiger partial charge on any atom is -0.493 e. The van der Waals surface area contributed by atoms with Gasteiger partial charge in [0.1, 0.15) is 5.75 Å². The molecule has 0 saturated carbocycles. The summed E-state index contributed by atoms with van der Waals surface area (Å²) in [4.78, 5) is 28.0. The van der Waals surface area contributed by atoms with Gasteiger partial charge in [-0.05, 0) is 31.7 Å². The summed E-state index contributed by atoms with van der Waals surface area (Å²) in [6, 6.07) is 14.1. The highest BCUT2D eigenvalue weighted by Gasteiger charge is 2.35. The fourth-order valence-corrected chi connectivity index (χ4v) is 3.56. The van der Waals surface area contributed by atoms with Crippen LogP contribution in [0.1, 0.15) is 26.7 Å². The number of nitrogens with zero attached hydrogens (tertiary/aromatic N) is 2. The molecule has 0 spiro atoms. The molecule has 0 bridgehead atoms. The number of carbonyl (C=O) groups excluding carboxylic acids is 2. The summed E-state index contributed by atoms with van der Waals surface area (Å²) in [5, 5.41) is 2.23. The molecule has 6 heteroatoms. The van der Waals surface area contributed by atoms with E-state index < -0.39 is 5.54 Å². The minimum atomic E-state index is -0.679. The van der Waals surface area contributed by atoms with Gasteiger partial charge in [0.25, 0.3) is 0 Å². The molecule has 0 unspecified atom stereocenters. The number of ether oxygens (including phenoxy) is 1. The third-order valence-corrected chi connectivity index (χ3v) is 5.57. The van der Waals surface area contributed by atoms with E-state index in [0.717, 1.165) is 16.5 Å². The molecule has 1 heterocycles. The fourth-order valence-electron chi connectivity index (χ4n) is 3.56. The Balaban J connectivity index is 1.43. The zero-order valence-electron chi connectivity index (χ0n) is 16.7. The summed E-state index contributed by atoms with van der Waals surface area (Å²) < 4.78 is 5.91. The van der Waals surface area contributed by atoms with Crippen molar-refractivity contribution < 1.29 is 14.3 Å². The zero-order valence-corrected chi connectivity index (χ0v) is 16.7. The molecular weight excluding hydrogens is 354 g/mol. The number of rotatable bonds is 7. The predicted octanol–water partition coefficient (Wildman–Crippen LogP) is 2.41. The van der Waals surface area contributed by atoms with Crippen LogP contribution in [0.5, 0.6) is 5.75 Å². The van der Waals surface area contributed by atoms with Gasteiger partial charge in [-0.2, -0.15) is 0 Å². The number of hydrogen-bond acceptors (Lipinski definition) is 4. The topological polar surface area (TPSA) is 75.9 Å². The number of nitrogens with two attached hydrogens (primary N) is 1. The van der Waals surface area contributed by atoms with Crippen LogP contribution in [0.4, 0.5) is 0 Å². The van der Waals surface area contributed by atoms with Gasteiger partial charge in [0.2, 0.25) is 11.8 Å². The highest BCUT2D eigenvalue weighted by molar-refractivity contribution is 5.88. The second kappa shape index (κ2) is 8.61. The van der Waals surface area contributed by atoms with Crippen molar-refractivity contribution in [2.75, 3.05) is 32.8 Å². The number of carbonyl (C=O) groups is 2. The van der Waals surface area contributed by atoms with Crippen molar-refractivity contribution in [3.8, 4) is 5.75 Å². The first-order valence-electron chi connectivity index (χ1n) is 9.83. The van der Waals surface area contributed by atoms with E-state index in [4.69, 9.17) is 10.5 Å². The second-order valence-corrected chi connectivity index (χ2v) is 7.72. The minimum absolute atomic E-state index is 0.137. The smallest absolute Gasteiger partial charge is 0.237 e. The van der Waals surface area contributed by atoms with Crippen molar-refractivity contribution in [3.05, 3.63) is 42.5 Å². The number of hydrogen-bond donors (Lipinski definition) is 1. The monoisotopic (exact) mass is 383 g/mol. The highest BCUT2D eigenvalue weighted by Crippen LogP contribution is 2.25. The maximum atomic E-state index is 12.5. The van der Waals surface area contributed by atoms with Crippen LogP contribution < -0.4 is 10.5 Å². The average molecular weight is 383 g/mol. The summed E-state index contributed by atoms with van der Waals surface area (Å²) in [6.45, 7) is 6.74. The molecule has 0 aromatic heterocycles. The zero-order chi connectivity index (χ0) is 20.1.